The third kappa shape index (κ3) is 5.43. The van der Waals surface area contributed by atoms with Crippen LogP contribution < -0.4 is 22.3 Å². The number of carbonyl (C=O) groups excluding carboxylic acids is 1. The van der Waals surface area contributed by atoms with Crippen molar-refractivity contribution in [2.45, 2.75) is 45.4 Å². The topological polar surface area (TPSA) is 38.3 Å². The van der Waals surface area contributed by atoms with Crippen LogP contribution in [-0.2, 0) is 17.7 Å². The second kappa shape index (κ2) is 10.9. The predicted molar refractivity (Wildman–Crippen MR) is 122 cm³/mol. The van der Waals surface area contributed by atoms with Crippen LogP contribution in [0.1, 0.15) is 35.3 Å². The second-order valence-electron chi connectivity index (χ2n) is 8.98. The second-order valence-corrected chi connectivity index (χ2v) is 9.98. The van der Waals surface area contributed by atoms with E-state index in [-0.39, 0.29) is 35.1 Å². The number of hydrogen-bond acceptors (Lipinski definition) is 3. The smallest absolute Gasteiger partial charge is 0.411 e. The van der Waals surface area contributed by atoms with Gasteiger partial charge in [-0.15, -0.1) is 11.3 Å². The van der Waals surface area contributed by atoms with Gasteiger partial charge in [0.1, 0.15) is 5.82 Å². The highest BCUT2D eigenvalue weighted by Gasteiger charge is 2.54. The normalized spacial score (nSPS) is 26.2. The van der Waals surface area contributed by atoms with Crippen LogP contribution in [0, 0.1) is 24.6 Å². The largest absolute Gasteiger partial charge is 1.00 e. The molecule has 1 N–H and O–H groups in total. The zero-order valence-corrected chi connectivity index (χ0v) is 21.0. The van der Waals surface area contributed by atoms with Crippen LogP contribution in [0.25, 0.3) is 0 Å². The summed E-state index contributed by atoms with van der Waals surface area (Å²) in [6.07, 6.45) is 5.61. The van der Waals surface area contributed by atoms with Crippen molar-refractivity contribution >= 4 is 17.4 Å². The van der Waals surface area contributed by atoms with Crippen molar-refractivity contribution in [2.24, 2.45) is 11.8 Å². The summed E-state index contributed by atoms with van der Waals surface area (Å²) in [6.45, 7) is 9.42. The van der Waals surface area contributed by atoms with Gasteiger partial charge in [-0.1, -0.05) is 18.7 Å². The number of quaternary nitrogens is 1. The standard InChI is InChI=1S/C25H31FN2O2S.BrH/c1-3-13-28-14-10-20(11-15-28)22(9-6-19-4-7-21(26)8-5-19)24(28)30-25(29)27-17-23-18(2)12-16-31-23;/h3-5,7-8,12,16,20,22,24H,1,6,9-11,13-15,17H2,2H3;1H/t20?,22-,24?,28?;/m1./s1. The molecule has 174 valence electrons. The van der Waals surface area contributed by atoms with Gasteiger partial charge in [-0.05, 0) is 66.5 Å². The molecule has 0 radical (unpaired) electrons. The van der Waals surface area contributed by atoms with Gasteiger partial charge in [0.15, 0.2) is 0 Å². The molecule has 0 spiro atoms. The number of piperidine rings is 3. The Hall–Kier alpha value is -1.70. The average Bonchev–Trinajstić information content (AvgIpc) is 3.18. The van der Waals surface area contributed by atoms with Crippen LogP contribution in [0.3, 0.4) is 0 Å². The molecule has 0 aliphatic carbocycles. The molecule has 4 heterocycles. The minimum atomic E-state index is -0.335. The fraction of sp³-hybridized carbons (Fsp3) is 0.480. The van der Waals surface area contributed by atoms with E-state index in [0.717, 1.165) is 60.2 Å². The summed E-state index contributed by atoms with van der Waals surface area (Å²) in [5.74, 6) is 0.672. The zero-order valence-electron chi connectivity index (χ0n) is 18.6. The van der Waals surface area contributed by atoms with Crippen LogP contribution in [0.2, 0.25) is 0 Å². The summed E-state index contributed by atoms with van der Waals surface area (Å²) >= 11 is 1.65. The molecule has 1 aromatic heterocycles. The van der Waals surface area contributed by atoms with Gasteiger partial charge >= 0.3 is 6.09 Å². The van der Waals surface area contributed by atoms with Gasteiger partial charge in [0.05, 0.1) is 32.1 Å². The first-order chi connectivity index (χ1) is 15.0. The highest BCUT2D eigenvalue weighted by Crippen LogP contribution is 2.45. The predicted octanol–water partition coefficient (Wildman–Crippen LogP) is 2.43. The van der Waals surface area contributed by atoms with E-state index in [9.17, 15) is 9.18 Å². The number of aryl methyl sites for hydroxylation is 2. The summed E-state index contributed by atoms with van der Waals surface area (Å²) in [5, 5.41) is 5.01. The number of rotatable bonds is 8. The van der Waals surface area contributed by atoms with E-state index < -0.39 is 0 Å². The third-order valence-corrected chi connectivity index (χ3v) is 8.19. The number of ether oxygens (including phenoxy) is 1. The maximum Gasteiger partial charge on any atom is 0.411 e. The minimum Gasteiger partial charge on any atom is -1.00 e. The van der Waals surface area contributed by atoms with Crippen molar-refractivity contribution in [1.29, 1.82) is 0 Å². The summed E-state index contributed by atoms with van der Waals surface area (Å²) in [6, 6.07) is 8.82. The first kappa shape index (κ1) is 24.9. The zero-order chi connectivity index (χ0) is 21.8. The van der Waals surface area contributed by atoms with Crippen LogP contribution in [0.15, 0.2) is 48.4 Å². The SMILES string of the molecule is C=CC[N+]12CCC(CC1)[C@@H](CCc1ccc(F)cc1)C2OC(=O)NCc1sccc1C.[Br-]. The number of amides is 1. The van der Waals surface area contributed by atoms with Gasteiger partial charge in [-0.2, -0.15) is 0 Å². The number of benzene rings is 1. The van der Waals surface area contributed by atoms with E-state index in [1.807, 2.05) is 23.6 Å². The van der Waals surface area contributed by atoms with Gasteiger partial charge < -0.3 is 27.0 Å². The fourth-order valence-corrected chi connectivity index (χ4v) is 6.26. The van der Waals surface area contributed by atoms with E-state index in [1.54, 1.807) is 11.3 Å². The lowest BCUT2D eigenvalue weighted by Crippen LogP contribution is -3.00. The number of halogens is 2. The number of nitrogens with zero attached hydrogens (tertiary/aromatic N) is 1. The van der Waals surface area contributed by atoms with Crippen molar-refractivity contribution in [1.82, 2.24) is 5.32 Å². The lowest BCUT2D eigenvalue weighted by Gasteiger charge is -2.56. The van der Waals surface area contributed by atoms with E-state index in [2.05, 4.69) is 24.9 Å². The van der Waals surface area contributed by atoms with Crippen LogP contribution >= 0.6 is 11.3 Å². The summed E-state index contributed by atoms with van der Waals surface area (Å²) in [5.41, 5.74) is 2.32. The number of alkyl carbamates (subject to hydrolysis) is 1. The molecular weight excluding hydrogens is 491 g/mol. The monoisotopic (exact) mass is 522 g/mol. The van der Waals surface area contributed by atoms with Crippen LogP contribution in [0.5, 0.6) is 0 Å². The molecule has 1 unspecified atom stereocenters. The van der Waals surface area contributed by atoms with E-state index in [1.165, 1.54) is 17.7 Å². The molecule has 2 aromatic rings. The first-order valence-corrected chi connectivity index (χ1v) is 12.1. The summed E-state index contributed by atoms with van der Waals surface area (Å²) in [4.78, 5) is 13.9. The maximum atomic E-state index is 13.3. The summed E-state index contributed by atoms with van der Waals surface area (Å²) in [7, 11) is 0. The van der Waals surface area contributed by atoms with E-state index >= 15 is 0 Å². The van der Waals surface area contributed by atoms with Crippen molar-refractivity contribution in [3.05, 3.63) is 70.2 Å². The Morgan fingerprint density at radius 1 is 1.28 bits per heavy atom. The molecule has 4 nitrogen and oxygen atoms in total. The molecule has 3 saturated heterocycles. The average molecular weight is 524 g/mol. The number of fused-ring (bicyclic) bond motifs is 3. The Morgan fingerprint density at radius 2 is 2.00 bits per heavy atom. The van der Waals surface area contributed by atoms with Crippen molar-refractivity contribution in [3.63, 3.8) is 0 Å². The molecule has 32 heavy (non-hydrogen) atoms. The van der Waals surface area contributed by atoms with Crippen LogP contribution in [-0.4, -0.2) is 36.4 Å². The van der Waals surface area contributed by atoms with E-state index in [0.29, 0.717) is 18.4 Å². The lowest BCUT2D eigenvalue weighted by atomic mass is 9.73. The first-order valence-electron chi connectivity index (χ1n) is 11.2. The van der Waals surface area contributed by atoms with Crippen molar-refractivity contribution in [3.8, 4) is 0 Å². The Kier molecular flexibility index (Phi) is 8.53. The molecule has 3 aliphatic heterocycles. The van der Waals surface area contributed by atoms with Crippen molar-refractivity contribution < 1.29 is 35.4 Å². The number of carbonyl (C=O) groups is 1. The van der Waals surface area contributed by atoms with Gasteiger partial charge in [-0.25, -0.2) is 9.18 Å². The Balaban J connectivity index is 0.00000289. The van der Waals surface area contributed by atoms with Gasteiger partial charge in [0, 0.05) is 17.7 Å². The maximum absolute atomic E-state index is 13.3. The Morgan fingerprint density at radius 3 is 2.62 bits per heavy atom. The highest BCUT2D eigenvalue weighted by atomic mass is 79.9. The van der Waals surface area contributed by atoms with Gasteiger partial charge in [0.25, 0.3) is 0 Å². The number of thiophene rings is 1. The molecule has 0 saturated carbocycles. The van der Waals surface area contributed by atoms with Gasteiger partial charge in [0.2, 0.25) is 6.23 Å². The molecule has 3 aliphatic rings. The molecule has 1 aromatic carbocycles. The molecular formula is C25H32BrFN2O2S. The summed E-state index contributed by atoms with van der Waals surface area (Å²) < 4.78 is 20.2. The third-order valence-electron chi connectivity index (χ3n) is 7.16. The fourth-order valence-electron chi connectivity index (χ4n) is 5.42. The minimum absolute atomic E-state index is 0. The Bertz CT molecular complexity index is 909. The number of nitrogens with one attached hydrogen (secondary N) is 1. The Labute approximate surface area is 204 Å². The molecule has 1 amide bonds. The molecule has 5 rings (SSSR count). The molecule has 7 heteroatoms. The molecule has 3 fully saturated rings. The van der Waals surface area contributed by atoms with Crippen molar-refractivity contribution in [2.75, 3.05) is 19.6 Å². The van der Waals surface area contributed by atoms with E-state index in [4.69, 9.17) is 4.74 Å². The highest BCUT2D eigenvalue weighted by molar-refractivity contribution is 7.10. The molecule has 2 bridgehead atoms. The van der Waals surface area contributed by atoms with Crippen LogP contribution in [0.4, 0.5) is 9.18 Å². The molecule has 2 atom stereocenters. The quantitative estimate of drug-likeness (QED) is 0.427. The number of hydrogen-bond donors (Lipinski definition) is 1. The lowest BCUT2D eigenvalue weighted by molar-refractivity contribution is -0.984. The van der Waals surface area contributed by atoms with Gasteiger partial charge in [-0.3, -0.25) is 4.48 Å².